The predicted molar refractivity (Wildman–Crippen MR) is 66.1 cm³/mol. The summed E-state index contributed by atoms with van der Waals surface area (Å²) in [5.41, 5.74) is -0.496. The lowest BCUT2D eigenvalue weighted by molar-refractivity contribution is -0.129. The van der Waals surface area contributed by atoms with Crippen molar-refractivity contribution in [3.63, 3.8) is 0 Å². The summed E-state index contributed by atoms with van der Waals surface area (Å²) < 4.78 is 10.2. The normalized spacial score (nSPS) is 16.3. The van der Waals surface area contributed by atoms with Crippen LogP contribution in [0.25, 0.3) is 0 Å². The number of nitrogens with one attached hydrogen (secondary N) is 1. The number of anilines is 1. The van der Waals surface area contributed by atoms with Crippen molar-refractivity contribution >= 4 is 29.2 Å². The predicted octanol–water partition coefficient (Wildman–Crippen LogP) is 2.24. The molecule has 1 amide bonds. The third-order valence-corrected chi connectivity index (χ3v) is 2.83. The third-order valence-electron chi connectivity index (χ3n) is 2.61. The van der Waals surface area contributed by atoms with Gasteiger partial charge in [0.2, 0.25) is 0 Å². The average Bonchev–Trinajstić information content (AvgIpc) is 2.29. The van der Waals surface area contributed by atoms with E-state index in [2.05, 4.69) is 10.1 Å². The Labute approximate surface area is 109 Å². The summed E-state index contributed by atoms with van der Waals surface area (Å²) in [6.07, 6.45) is 0. The first-order valence-electron chi connectivity index (χ1n) is 5.27. The molecule has 0 spiro atoms. The topological polar surface area (TPSA) is 64.6 Å². The Balaban J connectivity index is 2.59. The van der Waals surface area contributed by atoms with Crippen LogP contribution in [0.5, 0.6) is 5.75 Å². The second kappa shape index (κ2) is 4.17. The highest BCUT2D eigenvalue weighted by Gasteiger charge is 2.37. The van der Waals surface area contributed by atoms with Gasteiger partial charge in [-0.1, -0.05) is 11.6 Å². The standard InChI is InChI=1S/C12H12ClNO4/c1-12(2)11(16)14-8-5-6(13)4-7(9(8)18-12)10(15)17-3/h4-5H,1-3H3,(H,14,16). The molecule has 1 aromatic carbocycles. The van der Waals surface area contributed by atoms with E-state index in [9.17, 15) is 9.59 Å². The third kappa shape index (κ3) is 2.01. The SMILES string of the molecule is COC(=O)c1cc(Cl)cc2c1OC(C)(C)C(=O)N2. The van der Waals surface area contributed by atoms with E-state index < -0.39 is 11.6 Å². The molecule has 0 radical (unpaired) electrons. The fourth-order valence-electron chi connectivity index (χ4n) is 1.63. The van der Waals surface area contributed by atoms with Crippen molar-refractivity contribution in [1.82, 2.24) is 0 Å². The fourth-order valence-corrected chi connectivity index (χ4v) is 1.85. The van der Waals surface area contributed by atoms with Gasteiger partial charge in [0.1, 0.15) is 5.56 Å². The molecule has 0 atom stereocenters. The van der Waals surface area contributed by atoms with Crippen LogP contribution in [0.3, 0.4) is 0 Å². The van der Waals surface area contributed by atoms with Crippen molar-refractivity contribution < 1.29 is 19.1 Å². The quantitative estimate of drug-likeness (QED) is 0.794. The maximum absolute atomic E-state index is 11.7. The van der Waals surface area contributed by atoms with E-state index >= 15 is 0 Å². The van der Waals surface area contributed by atoms with Crippen LogP contribution in [-0.4, -0.2) is 24.6 Å². The van der Waals surface area contributed by atoms with E-state index in [4.69, 9.17) is 16.3 Å². The number of amides is 1. The van der Waals surface area contributed by atoms with Crippen LogP contribution in [-0.2, 0) is 9.53 Å². The minimum atomic E-state index is -1.05. The Kier molecular flexibility index (Phi) is 2.94. The van der Waals surface area contributed by atoms with Crippen molar-refractivity contribution in [2.24, 2.45) is 0 Å². The van der Waals surface area contributed by atoms with Gasteiger partial charge < -0.3 is 14.8 Å². The second-order valence-electron chi connectivity index (χ2n) is 4.39. The molecule has 1 heterocycles. The van der Waals surface area contributed by atoms with Gasteiger partial charge in [0, 0.05) is 5.02 Å². The van der Waals surface area contributed by atoms with Gasteiger partial charge in [-0.15, -0.1) is 0 Å². The van der Waals surface area contributed by atoms with Crippen LogP contribution >= 0.6 is 11.6 Å². The molecule has 0 unspecified atom stereocenters. The molecular weight excluding hydrogens is 258 g/mol. The molecule has 1 aromatic rings. The monoisotopic (exact) mass is 269 g/mol. The molecule has 6 heteroatoms. The number of ether oxygens (including phenoxy) is 2. The number of fused-ring (bicyclic) bond motifs is 1. The Morgan fingerprint density at radius 3 is 2.72 bits per heavy atom. The van der Waals surface area contributed by atoms with Gasteiger partial charge in [0.05, 0.1) is 12.8 Å². The number of hydrogen-bond donors (Lipinski definition) is 1. The number of carbonyl (C=O) groups is 2. The first kappa shape index (κ1) is 12.7. The van der Waals surface area contributed by atoms with Gasteiger partial charge >= 0.3 is 5.97 Å². The second-order valence-corrected chi connectivity index (χ2v) is 4.82. The molecule has 0 saturated heterocycles. The van der Waals surface area contributed by atoms with Crippen molar-refractivity contribution in [2.45, 2.75) is 19.4 Å². The lowest BCUT2D eigenvalue weighted by Crippen LogP contribution is -2.46. The summed E-state index contributed by atoms with van der Waals surface area (Å²) in [6, 6.07) is 2.97. The summed E-state index contributed by atoms with van der Waals surface area (Å²) in [7, 11) is 1.27. The zero-order valence-electron chi connectivity index (χ0n) is 10.2. The number of benzene rings is 1. The maximum atomic E-state index is 11.7. The minimum Gasteiger partial charge on any atom is -0.475 e. The summed E-state index contributed by atoms with van der Waals surface area (Å²) in [6.45, 7) is 3.22. The van der Waals surface area contributed by atoms with Crippen molar-refractivity contribution in [3.8, 4) is 5.75 Å². The molecule has 1 aliphatic heterocycles. The number of carbonyl (C=O) groups excluding carboxylic acids is 2. The average molecular weight is 270 g/mol. The Bertz CT molecular complexity index is 539. The van der Waals surface area contributed by atoms with Crippen LogP contribution in [0.1, 0.15) is 24.2 Å². The molecule has 18 heavy (non-hydrogen) atoms. The van der Waals surface area contributed by atoms with Crippen LogP contribution in [0.2, 0.25) is 5.02 Å². The number of halogens is 1. The molecule has 5 nitrogen and oxygen atoms in total. The summed E-state index contributed by atoms with van der Waals surface area (Å²) in [5, 5.41) is 2.97. The number of hydrogen-bond acceptors (Lipinski definition) is 4. The van der Waals surface area contributed by atoms with Crippen LogP contribution < -0.4 is 10.1 Å². The van der Waals surface area contributed by atoms with Crippen molar-refractivity contribution in [3.05, 3.63) is 22.7 Å². The number of methoxy groups -OCH3 is 1. The number of rotatable bonds is 1. The highest BCUT2D eigenvalue weighted by Crippen LogP contribution is 2.39. The lowest BCUT2D eigenvalue weighted by atomic mass is 10.0. The highest BCUT2D eigenvalue weighted by molar-refractivity contribution is 6.31. The minimum absolute atomic E-state index is 0.188. The lowest BCUT2D eigenvalue weighted by Gasteiger charge is -2.32. The van der Waals surface area contributed by atoms with Crippen LogP contribution in [0.4, 0.5) is 5.69 Å². The van der Waals surface area contributed by atoms with Gasteiger partial charge in [-0.05, 0) is 26.0 Å². The molecule has 0 aliphatic carbocycles. The van der Waals surface area contributed by atoms with E-state index in [0.717, 1.165) is 0 Å². The Morgan fingerprint density at radius 1 is 1.44 bits per heavy atom. The first-order chi connectivity index (χ1) is 8.35. The van der Waals surface area contributed by atoms with E-state index in [-0.39, 0.29) is 17.2 Å². The molecule has 2 rings (SSSR count). The van der Waals surface area contributed by atoms with Crippen LogP contribution in [0.15, 0.2) is 12.1 Å². The Hall–Kier alpha value is -1.75. The van der Waals surface area contributed by atoms with Crippen molar-refractivity contribution in [1.29, 1.82) is 0 Å². The summed E-state index contributed by atoms with van der Waals surface area (Å²) >= 11 is 5.89. The fraction of sp³-hybridized carbons (Fsp3) is 0.333. The Morgan fingerprint density at radius 2 is 2.11 bits per heavy atom. The molecule has 1 N–H and O–H groups in total. The summed E-state index contributed by atoms with van der Waals surface area (Å²) in [5.74, 6) is -0.593. The molecule has 0 fully saturated rings. The molecule has 96 valence electrons. The smallest absolute Gasteiger partial charge is 0.341 e. The van der Waals surface area contributed by atoms with Gasteiger partial charge in [-0.25, -0.2) is 4.79 Å². The molecule has 0 bridgehead atoms. The van der Waals surface area contributed by atoms with E-state index in [1.54, 1.807) is 13.8 Å². The van der Waals surface area contributed by atoms with E-state index in [1.165, 1.54) is 19.2 Å². The van der Waals surface area contributed by atoms with Gasteiger partial charge in [0.25, 0.3) is 5.91 Å². The van der Waals surface area contributed by atoms with Gasteiger partial charge in [-0.3, -0.25) is 4.79 Å². The molecule has 1 aliphatic rings. The first-order valence-corrected chi connectivity index (χ1v) is 5.65. The molecule has 0 aromatic heterocycles. The number of esters is 1. The van der Waals surface area contributed by atoms with Gasteiger partial charge in [-0.2, -0.15) is 0 Å². The van der Waals surface area contributed by atoms with Gasteiger partial charge in [0.15, 0.2) is 11.4 Å². The zero-order chi connectivity index (χ0) is 13.5. The largest absolute Gasteiger partial charge is 0.475 e. The van der Waals surface area contributed by atoms with Crippen molar-refractivity contribution in [2.75, 3.05) is 12.4 Å². The highest BCUT2D eigenvalue weighted by atomic mass is 35.5. The van der Waals surface area contributed by atoms with E-state index in [0.29, 0.717) is 10.7 Å². The summed E-state index contributed by atoms with van der Waals surface area (Å²) in [4.78, 5) is 23.4. The van der Waals surface area contributed by atoms with Crippen LogP contribution in [0, 0.1) is 0 Å². The maximum Gasteiger partial charge on any atom is 0.341 e. The zero-order valence-corrected chi connectivity index (χ0v) is 10.9. The molecular formula is C12H12ClNO4. The molecule has 0 saturated carbocycles. The van der Waals surface area contributed by atoms with E-state index in [1.807, 2.05) is 0 Å².